The summed E-state index contributed by atoms with van der Waals surface area (Å²) >= 11 is 0. The average molecular weight is 471 g/mol. The van der Waals surface area contributed by atoms with E-state index in [0.29, 0.717) is 18.5 Å². The summed E-state index contributed by atoms with van der Waals surface area (Å²) in [7, 11) is 0. The van der Waals surface area contributed by atoms with E-state index in [1.807, 2.05) is 43.3 Å². The summed E-state index contributed by atoms with van der Waals surface area (Å²) in [5.41, 5.74) is 5.06. The number of fused-ring (bicyclic) bond motifs is 3. The van der Waals surface area contributed by atoms with E-state index in [2.05, 4.69) is 22.8 Å². The van der Waals surface area contributed by atoms with Crippen molar-refractivity contribution < 1.29 is 24.2 Å². The monoisotopic (exact) mass is 470 g/mol. The summed E-state index contributed by atoms with van der Waals surface area (Å²) in [6, 6.07) is 21.3. The first-order valence-electron chi connectivity index (χ1n) is 11.6. The van der Waals surface area contributed by atoms with E-state index < -0.39 is 23.4 Å². The molecule has 0 atom stereocenters. The van der Waals surface area contributed by atoms with Gasteiger partial charge in [-0.05, 0) is 54.2 Å². The first-order valence-corrected chi connectivity index (χ1v) is 11.6. The molecule has 5 rings (SSSR count). The Bertz CT molecular complexity index is 1280. The zero-order valence-electron chi connectivity index (χ0n) is 19.3. The number of carboxylic acid groups (broad SMARTS) is 1. The highest BCUT2D eigenvalue weighted by molar-refractivity contribution is 6.03. The van der Waals surface area contributed by atoms with Crippen LogP contribution >= 0.6 is 0 Å². The Labute approximate surface area is 203 Å². The summed E-state index contributed by atoms with van der Waals surface area (Å²) in [6.45, 7) is 2.06. The van der Waals surface area contributed by atoms with Gasteiger partial charge in [0.15, 0.2) is 0 Å². The highest BCUT2D eigenvalue weighted by Crippen LogP contribution is 2.45. The van der Waals surface area contributed by atoms with Crippen molar-refractivity contribution >= 4 is 23.7 Å². The van der Waals surface area contributed by atoms with E-state index >= 15 is 0 Å². The minimum Gasteiger partial charge on any atom is -0.481 e. The van der Waals surface area contributed by atoms with E-state index in [1.165, 1.54) is 0 Å². The number of amides is 2. The Hall–Kier alpha value is -4.13. The minimum absolute atomic E-state index is 0.0551. The van der Waals surface area contributed by atoms with Crippen molar-refractivity contribution in [2.45, 2.75) is 25.7 Å². The van der Waals surface area contributed by atoms with Crippen molar-refractivity contribution in [3.05, 3.63) is 89.0 Å². The molecule has 3 N–H and O–H groups in total. The molecule has 2 amide bonds. The van der Waals surface area contributed by atoms with Gasteiger partial charge in [-0.15, -0.1) is 0 Å². The van der Waals surface area contributed by atoms with E-state index in [4.69, 9.17) is 4.74 Å². The van der Waals surface area contributed by atoms with Gasteiger partial charge in [-0.2, -0.15) is 0 Å². The molecule has 2 aliphatic rings. The van der Waals surface area contributed by atoms with Gasteiger partial charge in [-0.3, -0.25) is 14.9 Å². The number of benzene rings is 3. The molecular weight excluding hydrogens is 444 g/mol. The largest absolute Gasteiger partial charge is 0.481 e. The molecule has 0 saturated heterocycles. The molecule has 3 aromatic carbocycles. The molecule has 1 saturated carbocycles. The maximum absolute atomic E-state index is 12.8. The van der Waals surface area contributed by atoms with Crippen molar-refractivity contribution in [3.8, 4) is 11.1 Å². The van der Waals surface area contributed by atoms with Crippen molar-refractivity contribution in [2.24, 2.45) is 5.41 Å². The lowest BCUT2D eigenvalue weighted by molar-refractivity contribution is -0.143. The molecular formula is C28H26N2O5. The molecule has 2 aliphatic carbocycles. The van der Waals surface area contributed by atoms with E-state index in [0.717, 1.165) is 27.8 Å². The Morgan fingerprint density at radius 3 is 2.20 bits per heavy atom. The van der Waals surface area contributed by atoms with Crippen LogP contribution in [0.1, 0.15) is 45.8 Å². The molecule has 7 nitrogen and oxygen atoms in total. The second-order valence-electron chi connectivity index (χ2n) is 9.27. The summed E-state index contributed by atoms with van der Waals surface area (Å²) in [5, 5.41) is 14.8. The van der Waals surface area contributed by atoms with Gasteiger partial charge in [0.1, 0.15) is 6.61 Å². The number of ether oxygens (including phenoxy) is 1. The Balaban J connectivity index is 1.27. The quantitative estimate of drug-likeness (QED) is 0.453. The maximum Gasteiger partial charge on any atom is 0.411 e. The van der Waals surface area contributed by atoms with Crippen molar-refractivity contribution in [1.82, 2.24) is 5.32 Å². The fraction of sp³-hybridized carbons (Fsp3) is 0.250. The van der Waals surface area contributed by atoms with Crippen LogP contribution < -0.4 is 10.6 Å². The van der Waals surface area contributed by atoms with Crippen LogP contribution in [-0.4, -0.2) is 36.2 Å². The van der Waals surface area contributed by atoms with Gasteiger partial charge < -0.3 is 15.2 Å². The van der Waals surface area contributed by atoms with Gasteiger partial charge in [0.25, 0.3) is 5.91 Å². The van der Waals surface area contributed by atoms with Crippen LogP contribution in [0.2, 0.25) is 0 Å². The van der Waals surface area contributed by atoms with Gasteiger partial charge in [0, 0.05) is 12.5 Å². The number of carbonyl (C=O) groups excluding carboxylic acids is 2. The second kappa shape index (κ2) is 8.91. The lowest BCUT2D eigenvalue weighted by Crippen LogP contribution is -2.34. The van der Waals surface area contributed by atoms with Crippen LogP contribution in [0.5, 0.6) is 0 Å². The van der Waals surface area contributed by atoms with Crippen LogP contribution in [0.4, 0.5) is 10.5 Å². The fourth-order valence-corrected chi connectivity index (χ4v) is 4.66. The highest BCUT2D eigenvalue weighted by atomic mass is 16.5. The molecule has 7 heteroatoms. The van der Waals surface area contributed by atoms with Gasteiger partial charge in [0.05, 0.1) is 16.7 Å². The molecule has 0 aliphatic heterocycles. The van der Waals surface area contributed by atoms with Gasteiger partial charge in [-0.1, -0.05) is 60.2 Å². The number of hydrogen-bond acceptors (Lipinski definition) is 4. The zero-order chi connectivity index (χ0) is 24.6. The van der Waals surface area contributed by atoms with Crippen molar-refractivity contribution in [3.63, 3.8) is 0 Å². The molecule has 0 unspecified atom stereocenters. The fourth-order valence-electron chi connectivity index (χ4n) is 4.66. The molecule has 35 heavy (non-hydrogen) atoms. The molecule has 3 aromatic rings. The van der Waals surface area contributed by atoms with Crippen molar-refractivity contribution in [2.75, 3.05) is 18.5 Å². The number of hydrogen-bond donors (Lipinski definition) is 3. The first-order chi connectivity index (χ1) is 16.9. The second-order valence-corrected chi connectivity index (χ2v) is 9.27. The topological polar surface area (TPSA) is 105 Å². The van der Waals surface area contributed by atoms with Crippen LogP contribution in [-0.2, 0) is 9.53 Å². The predicted octanol–water partition coefficient (Wildman–Crippen LogP) is 4.95. The number of nitrogens with one attached hydrogen (secondary N) is 2. The SMILES string of the molecule is Cc1ccc(NC(=O)OCC2c3ccccc3-c3ccccc32)c(C(=O)NCC2(C(=O)O)CC2)c1. The van der Waals surface area contributed by atoms with E-state index in [9.17, 15) is 19.5 Å². The number of anilines is 1. The zero-order valence-corrected chi connectivity index (χ0v) is 19.3. The standard InChI is InChI=1S/C28H26N2O5/c1-17-10-11-24(22(14-17)25(31)29-16-28(12-13-28)26(32)33)30-27(34)35-15-23-20-8-4-2-6-18(20)19-7-3-5-9-21(19)23/h2-11,14,23H,12-13,15-16H2,1H3,(H,29,31)(H,30,34)(H,32,33). The number of rotatable bonds is 7. The number of carboxylic acids is 1. The van der Waals surface area contributed by atoms with Crippen LogP contribution in [0.15, 0.2) is 66.7 Å². The third-order valence-corrected chi connectivity index (χ3v) is 6.89. The summed E-state index contributed by atoms with van der Waals surface area (Å²) < 4.78 is 5.60. The lowest BCUT2D eigenvalue weighted by atomic mass is 9.98. The first kappa shape index (κ1) is 22.7. The average Bonchev–Trinajstić information content (AvgIpc) is 3.59. The molecule has 0 spiro atoms. The Kier molecular flexibility index (Phi) is 5.76. The third-order valence-electron chi connectivity index (χ3n) is 6.89. The van der Waals surface area contributed by atoms with Gasteiger partial charge >= 0.3 is 12.1 Å². The molecule has 0 radical (unpaired) electrons. The maximum atomic E-state index is 12.8. The Morgan fingerprint density at radius 2 is 1.60 bits per heavy atom. The van der Waals surface area contributed by atoms with Gasteiger partial charge in [0.2, 0.25) is 0 Å². The number of carbonyl (C=O) groups is 3. The van der Waals surface area contributed by atoms with E-state index in [1.54, 1.807) is 18.2 Å². The number of aryl methyl sites for hydroxylation is 1. The van der Waals surface area contributed by atoms with E-state index in [-0.39, 0.29) is 24.6 Å². The molecule has 1 fully saturated rings. The molecule has 0 heterocycles. The lowest BCUT2D eigenvalue weighted by Gasteiger charge is -2.16. The number of aliphatic carboxylic acids is 1. The minimum atomic E-state index is -0.904. The molecule has 178 valence electrons. The highest BCUT2D eigenvalue weighted by Gasteiger charge is 2.50. The van der Waals surface area contributed by atoms with Crippen LogP contribution in [0, 0.1) is 12.3 Å². The molecule has 0 bridgehead atoms. The molecule has 0 aromatic heterocycles. The Morgan fingerprint density at radius 1 is 0.971 bits per heavy atom. The van der Waals surface area contributed by atoms with Crippen LogP contribution in [0.25, 0.3) is 11.1 Å². The normalized spacial score (nSPS) is 15.0. The van der Waals surface area contributed by atoms with Crippen molar-refractivity contribution in [1.29, 1.82) is 0 Å². The van der Waals surface area contributed by atoms with Crippen LogP contribution in [0.3, 0.4) is 0 Å². The third kappa shape index (κ3) is 4.37. The van der Waals surface area contributed by atoms with Gasteiger partial charge in [-0.25, -0.2) is 4.79 Å². The summed E-state index contributed by atoms with van der Waals surface area (Å²) in [5.74, 6) is -1.41. The summed E-state index contributed by atoms with van der Waals surface area (Å²) in [6.07, 6.45) is 0.428. The summed E-state index contributed by atoms with van der Waals surface area (Å²) in [4.78, 5) is 37.0. The smallest absolute Gasteiger partial charge is 0.411 e. The predicted molar refractivity (Wildman–Crippen MR) is 132 cm³/mol.